The average molecular weight is 317 g/mol. The number of hydrogen-bond donors (Lipinski definition) is 2. The first-order valence-corrected chi connectivity index (χ1v) is 8.00. The summed E-state index contributed by atoms with van der Waals surface area (Å²) in [6, 6.07) is 1.89. The maximum atomic E-state index is 12.0. The second-order valence-corrected chi connectivity index (χ2v) is 6.10. The van der Waals surface area contributed by atoms with Gasteiger partial charge in [-0.15, -0.1) is 0 Å². The lowest BCUT2D eigenvalue weighted by Gasteiger charge is -2.25. The van der Waals surface area contributed by atoms with Gasteiger partial charge >= 0.3 is 0 Å². The summed E-state index contributed by atoms with van der Waals surface area (Å²) < 4.78 is 5.48. The molecule has 0 unspecified atom stereocenters. The Morgan fingerprint density at radius 1 is 1.52 bits per heavy atom. The Morgan fingerprint density at radius 2 is 2.35 bits per heavy atom. The standard InChI is InChI=1S/C16H23N5O2/c1-23-13-6-12(8-18-16(22)5-11-3-2-4-11)21(9-13)15-7-14(17)19-10-20-15/h5,7,10,12-13H,2-4,6,8-9H2,1H3,(H,18,22)(H2,17,19,20)/t12-,13-/m1/s1. The van der Waals surface area contributed by atoms with Crippen LogP contribution in [0.4, 0.5) is 11.6 Å². The van der Waals surface area contributed by atoms with E-state index in [4.69, 9.17) is 10.5 Å². The quantitative estimate of drug-likeness (QED) is 0.783. The highest BCUT2D eigenvalue weighted by Gasteiger charge is 2.33. The molecular weight excluding hydrogens is 294 g/mol. The molecule has 0 aromatic carbocycles. The fraction of sp³-hybridized carbons (Fsp3) is 0.562. The third-order valence-corrected chi connectivity index (χ3v) is 4.52. The van der Waals surface area contributed by atoms with Gasteiger partial charge in [0.05, 0.1) is 12.1 Å². The van der Waals surface area contributed by atoms with Crippen LogP contribution >= 0.6 is 0 Å². The lowest BCUT2D eigenvalue weighted by Crippen LogP contribution is -2.40. The van der Waals surface area contributed by atoms with Crippen molar-refractivity contribution < 1.29 is 9.53 Å². The van der Waals surface area contributed by atoms with E-state index in [0.717, 1.165) is 31.6 Å². The lowest BCUT2D eigenvalue weighted by atomic mass is 9.92. The van der Waals surface area contributed by atoms with Crippen molar-refractivity contribution in [1.29, 1.82) is 0 Å². The summed E-state index contributed by atoms with van der Waals surface area (Å²) in [6.45, 7) is 1.29. The molecular formula is C16H23N5O2. The second-order valence-electron chi connectivity index (χ2n) is 6.10. The van der Waals surface area contributed by atoms with Crippen LogP contribution in [0.1, 0.15) is 25.7 Å². The van der Waals surface area contributed by atoms with Gasteiger partial charge in [-0.05, 0) is 25.7 Å². The predicted molar refractivity (Wildman–Crippen MR) is 87.9 cm³/mol. The molecule has 2 aliphatic rings. The van der Waals surface area contributed by atoms with E-state index in [1.165, 1.54) is 18.3 Å². The summed E-state index contributed by atoms with van der Waals surface area (Å²) in [5.41, 5.74) is 6.99. The van der Waals surface area contributed by atoms with Crippen molar-refractivity contribution in [1.82, 2.24) is 15.3 Å². The summed E-state index contributed by atoms with van der Waals surface area (Å²) in [5, 5.41) is 3.00. The van der Waals surface area contributed by atoms with Crippen LogP contribution in [-0.2, 0) is 9.53 Å². The van der Waals surface area contributed by atoms with Crippen molar-refractivity contribution >= 4 is 17.5 Å². The molecule has 0 bridgehead atoms. The van der Waals surface area contributed by atoms with Gasteiger partial charge in [-0.3, -0.25) is 4.79 Å². The summed E-state index contributed by atoms with van der Waals surface area (Å²) in [7, 11) is 1.71. The highest BCUT2D eigenvalue weighted by molar-refractivity contribution is 5.88. The van der Waals surface area contributed by atoms with Gasteiger partial charge in [-0.1, -0.05) is 5.57 Å². The van der Waals surface area contributed by atoms with Crippen molar-refractivity contribution in [2.24, 2.45) is 0 Å². The molecule has 1 aliphatic heterocycles. The van der Waals surface area contributed by atoms with E-state index < -0.39 is 0 Å². The van der Waals surface area contributed by atoms with Crippen LogP contribution in [0.3, 0.4) is 0 Å². The van der Waals surface area contributed by atoms with Crippen molar-refractivity contribution in [3.8, 4) is 0 Å². The van der Waals surface area contributed by atoms with Gasteiger partial charge in [0, 0.05) is 32.3 Å². The molecule has 2 atom stereocenters. The van der Waals surface area contributed by atoms with Crippen LogP contribution < -0.4 is 16.0 Å². The number of nitrogens with one attached hydrogen (secondary N) is 1. The van der Waals surface area contributed by atoms with Crippen molar-refractivity contribution in [2.45, 2.75) is 37.8 Å². The number of anilines is 2. The minimum absolute atomic E-state index is 0.0114. The van der Waals surface area contributed by atoms with Gasteiger partial charge < -0.3 is 20.7 Å². The number of rotatable bonds is 5. The maximum absolute atomic E-state index is 12.0. The number of carbonyl (C=O) groups is 1. The van der Waals surface area contributed by atoms with Crippen LogP contribution in [0.25, 0.3) is 0 Å². The van der Waals surface area contributed by atoms with Gasteiger partial charge in [0.1, 0.15) is 18.0 Å². The van der Waals surface area contributed by atoms with E-state index in [1.807, 2.05) is 0 Å². The molecule has 2 fully saturated rings. The van der Waals surface area contributed by atoms with Crippen LogP contribution in [0.15, 0.2) is 24.0 Å². The Hall–Kier alpha value is -2.15. The number of nitrogens with zero attached hydrogens (tertiary/aromatic N) is 3. The maximum Gasteiger partial charge on any atom is 0.244 e. The number of carbonyl (C=O) groups excluding carboxylic acids is 1. The molecule has 7 nitrogen and oxygen atoms in total. The van der Waals surface area contributed by atoms with Gasteiger partial charge in [0.2, 0.25) is 5.91 Å². The normalized spacial score (nSPS) is 23.5. The number of nitrogens with two attached hydrogens (primary N) is 1. The van der Waals surface area contributed by atoms with E-state index in [1.54, 1.807) is 19.3 Å². The Balaban J connectivity index is 1.64. The van der Waals surface area contributed by atoms with E-state index in [2.05, 4.69) is 20.2 Å². The largest absolute Gasteiger partial charge is 0.384 e. The van der Waals surface area contributed by atoms with Crippen LogP contribution in [0.2, 0.25) is 0 Å². The number of aromatic nitrogens is 2. The molecule has 1 aromatic rings. The summed E-state index contributed by atoms with van der Waals surface area (Å²) in [6.07, 6.45) is 7.46. The molecule has 0 spiro atoms. The Bertz CT molecular complexity index is 598. The molecule has 1 amide bonds. The summed E-state index contributed by atoms with van der Waals surface area (Å²) >= 11 is 0. The van der Waals surface area contributed by atoms with E-state index in [0.29, 0.717) is 12.4 Å². The van der Waals surface area contributed by atoms with Crippen molar-refractivity contribution in [3.63, 3.8) is 0 Å². The number of nitrogen functional groups attached to an aromatic ring is 1. The third-order valence-electron chi connectivity index (χ3n) is 4.52. The third kappa shape index (κ3) is 3.79. The van der Waals surface area contributed by atoms with E-state index >= 15 is 0 Å². The first-order valence-electron chi connectivity index (χ1n) is 8.00. The molecule has 23 heavy (non-hydrogen) atoms. The first-order chi connectivity index (χ1) is 11.2. The summed E-state index contributed by atoms with van der Waals surface area (Å²) in [5.74, 6) is 1.20. The number of hydrogen-bond acceptors (Lipinski definition) is 6. The molecule has 0 radical (unpaired) electrons. The topological polar surface area (TPSA) is 93.4 Å². The highest BCUT2D eigenvalue weighted by Crippen LogP contribution is 2.26. The minimum atomic E-state index is -0.0114. The average Bonchev–Trinajstić information content (AvgIpc) is 2.92. The second kappa shape index (κ2) is 6.95. The Labute approximate surface area is 135 Å². The molecule has 7 heteroatoms. The zero-order chi connectivity index (χ0) is 16.2. The molecule has 1 saturated carbocycles. The fourth-order valence-corrected chi connectivity index (χ4v) is 3.02. The lowest BCUT2D eigenvalue weighted by molar-refractivity contribution is -0.116. The van der Waals surface area contributed by atoms with E-state index in [9.17, 15) is 4.79 Å². The van der Waals surface area contributed by atoms with Crippen LogP contribution in [0, 0.1) is 0 Å². The van der Waals surface area contributed by atoms with Gasteiger partial charge in [-0.25, -0.2) is 9.97 Å². The van der Waals surface area contributed by atoms with Crippen LogP contribution in [0.5, 0.6) is 0 Å². The van der Waals surface area contributed by atoms with Gasteiger partial charge in [-0.2, -0.15) is 0 Å². The fourth-order valence-electron chi connectivity index (χ4n) is 3.02. The highest BCUT2D eigenvalue weighted by atomic mass is 16.5. The van der Waals surface area contributed by atoms with Crippen molar-refractivity contribution in [3.05, 3.63) is 24.0 Å². The predicted octanol–water partition coefficient (Wildman–Crippen LogP) is 0.879. The molecule has 3 N–H and O–H groups in total. The molecule has 3 rings (SSSR count). The molecule has 1 aliphatic carbocycles. The first kappa shape index (κ1) is 15.7. The van der Waals surface area contributed by atoms with Gasteiger partial charge in [0.15, 0.2) is 0 Å². The Morgan fingerprint density at radius 3 is 3.00 bits per heavy atom. The number of allylic oxidation sites excluding steroid dienone is 1. The minimum Gasteiger partial charge on any atom is -0.384 e. The zero-order valence-electron chi connectivity index (χ0n) is 13.4. The Kier molecular flexibility index (Phi) is 4.76. The smallest absolute Gasteiger partial charge is 0.244 e. The monoisotopic (exact) mass is 317 g/mol. The number of amides is 1. The SMILES string of the molecule is CO[C@@H]1C[C@H](CNC(=O)C=C2CCC2)N(c2cc(N)ncn2)C1. The summed E-state index contributed by atoms with van der Waals surface area (Å²) in [4.78, 5) is 22.3. The molecule has 124 valence electrons. The molecule has 1 saturated heterocycles. The zero-order valence-corrected chi connectivity index (χ0v) is 13.4. The number of methoxy groups -OCH3 is 1. The van der Waals surface area contributed by atoms with Crippen molar-refractivity contribution in [2.75, 3.05) is 30.8 Å². The van der Waals surface area contributed by atoms with E-state index in [-0.39, 0.29) is 18.1 Å². The van der Waals surface area contributed by atoms with Gasteiger partial charge in [0.25, 0.3) is 0 Å². The molecule has 1 aromatic heterocycles. The number of ether oxygens (including phenoxy) is 1. The molecule has 2 heterocycles. The van der Waals surface area contributed by atoms with Crippen LogP contribution in [-0.4, -0.2) is 48.2 Å².